The first-order valence-electron chi connectivity index (χ1n) is 10.3. The van der Waals surface area contributed by atoms with Crippen molar-refractivity contribution in [2.45, 2.75) is 19.8 Å². The monoisotopic (exact) mass is 442 g/mol. The van der Waals surface area contributed by atoms with E-state index in [2.05, 4.69) is 9.82 Å². The highest BCUT2D eigenvalue weighted by atomic mass is 32.2. The van der Waals surface area contributed by atoms with Gasteiger partial charge in [0.15, 0.2) is 5.76 Å². The number of nitrogens with zero attached hydrogens (tertiary/aromatic N) is 3. The standard InChI is InChI=1S/C22H26N4O4S/c1-16-10-11-20(30-16)21-19(15-26(24-21)18-8-4-3-5-9-18)22(27)25-12-6-7-17(14-25)13-23-31(2,28)29/h3-5,8-11,15,17,23H,6-7,12-14H2,1-2H3/t17-/m0/s1. The lowest BCUT2D eigenvalue weighted by atomic mass is 9.97. The van der Waals surface area contributed by atoms with E-state index in [0.29, 0.717) is 36.7 Å². The van der Waals surface area contributed by atoms with Gasteiger partial charge in [-0.15, -0.1) is 0 Å². The number of benzene rings is 1. The topological polar surface area (TPSA) is 97.4 Å². The Morgan fingerprint density at radius 2 is 2.00 bits per heavy atom. The fourth-order valence-electron chi connectivity index (χ4n) is 3.84. The second-order valence-electron chi connectivity index (χ2n) is 7.96. The smallest absolute Gasteiger partial charge is 0.257 e. The maximum absolute atomic E-state index is 13.5. The van der Waals surface area contributed by atoms with Crippen LogP contribution >= 0.6 is 0 Å². The lowest BCUT2D eigenvalue weighted by molar-refractivity contribution is 0.0677. The zero-order valence-electron chi connectivity index (χ0n) is 17.6. The van der Waals surface area contributed by atoms with Gasteiger partial charge in [-0.3, -0.25) is 4.79 Å². The van der Waals surface area contributed by atoms with Crippen molar-refractivity contribution in [3.63, 3.8) is 0 Å². The van der Waals surface area contributed by atoms with Gasteiger partial charge in [-0.2, -0.15) is 5.10 Å². The molecule has 2 aromatic heterocycles. The fourth-order valence-corrected chi connectivity index (χ4v) is 4.38. The molecule has 0 aliphatic carbocycles. The summed E-state index contributed by atoms with van der Waals surface area (Å²) in [5.74, 6) is 1.23. The predicted molar refractivity (Wildman–Crippen MR) is 117 cm³/mol. The highest BCUT2D eigenvalue weighted by Gasteiger charge is 2.29. The van der Waals surface area contributed by atoms with Crippen molar-refractivity contribution in [3.05, 3.63) is 60.0 Å². The molecule has 1 amide bonds. The van der Waals surface area contributed by atoms with Gasteiger partial charge < -0.3 is 9.32 Å². The lowest BCUT2D eigenvalue weighted by Crippen LogP contribution is -2.43. The molecule has 164 valence electrons. The third-order valence-corrected chi connectivity index (χ3v) is 6.07. The van der Waals surface area contributed by atoms with Gasteiger partial charge in [0.2, 0.25) is 10.0 Å². The van der Waals surface area contributed by atoms with Crippen LogP contribution in [0.1, 0.15) is 29.0 Å². The van der Waals surface area contributed by atoms with E-state index >= 15 is 0 Å². The number of sulfonamides is 1. The van der Waals surface area contributed by atoms with E-state index in [1.165, 1.54) is 0 Å². The molecule has 1 aromatic carbocycles. The molecule has 0 saturated carbocycles. The van der Waals surface area contributed by atoms with Crippen LogP contribution in [-0.4, -0.2) is 54.9 Å². The molecule has 4 rings (SSSR count). The SMILES string of the molecule is Cc1ccc(-c2nn(-c3ccccc3)cc2C(=O)N2CCC[C@@H](CNS(C)(=O)=O)C2)o1. The molecule has 0 unspecified atom stereocenters. The predicted octanol–water partition coefficient (Wildman–Crippen LogP) is 2.84. The maximum atomic E-state index is 13.5. The van der Waals surface area contributed by atoms with Crippen LogP contribution in [0.5, 0.6) is 0 Å². The number of aromatic nitrogens is 2. The number of carbonyl (C=O) groups excluding carboxylic acids is 1. The number of para-hydroxylation sites is 1. The Morgan fingerprint density at radius 3 is 2.68 bits per heavy atom. The molecule has 1 saturated heterocycles. The van der Waals surface area contributed by atoms with Crippen molar-refractivity contribution in [3.8, 4) is 17.1 Å². The minimum absolute atomic E-state index is 0.0749. The van der Waals surface area contributed by atoms with Gasteiger partial charge in [0.05, 0.1) is 17.5 Å². The molecule has 1 atom stereocenters. The van der Waals surface area contributed by atoms with E-state index in [0.717, 1.165) is 30.5 Å². The number of piperidine rings is 1. The summed E-state index contributed by atoms with van der Waals surface area (Å²) in [5.41, 5.74) is 1.81. The van der Waals surface area contributed by atoms with Crippen LogP contribution in [0.3, 0.4) is 0 Å². The van der Waals surface area contributed by atoms with Gasteiger partial charge in [0.25, 0.3) is 5.91 Å². The number of carbonyl (C=O) groups is 1. The first-order valence-corrected chi connectivity index (χ1v) is 12.1. The van der Waals surface area contributed by atoms with Crippen molar-refractivity contribution in [2.75, 3.05) is 25.9 Å². The summed E-state index contributed by atoms with van der Waals surface area (Å²) in [6, 6.07) is 13.3. The van der Waals surface area contributed by atoms with E-state index in [1.54, 1.807) is 15.8 Å². The van der Waals surface area contributed by atoms with Crippen LogP contribution in [0.25, 0.3) is 17.1 Å². The number of likely N-dealkylation sites (tertiary alicyclic amines) is 1. The zero-order valence-corrected chi connectivity index (χ0v) is 18.4. The summed E-state index contributed by atoms with van der Waals surface area (Å²) in [6.45, 7) is 3.30. The first kappa shape index (κ1) is 21.3. The van der Waals surface area contributed by atoms with Crippen molar-refractivity contribution >= 4 is 15.9 Å². The molecule has 1 aliphatic heterocycles. The summed E-state index contributed by atoms with van der Waals surface area (Å²) < 4.78 is 32.9. The second kappa shape index (κ2) is 8.68. The average Bonchev–Trinajstić information content (AvgIpc) is 3.38. The van der Waals surface area contributed by atoms with E-state index in [1.807, 2.05) is 49.4 Å². The van der Waals surface area contributed by atoms with E-state index in [9.17, 15) is 13.2 Å². The number of furan rings is 1. The third-order valence-electron chi connectivity index (χ3n) is 5.38. The lowest BCUT2D eigenvalue weighted by Gasteiger charge is -2.32. The summed E-state index contributed by atoms with van der Waals surface area (Å²) in [4.78, 5) is 15.3. The Morgan fingerprint density at radius 1 is 1.23 bits per heavy atom. The van der Waals surface area contributed by atoms with Crippen LogP contribution in [0.15, 0.2) is 53.1 Å². The number of nitrogens with one attached hydrogen (secondary N) is 1. The van der Waals surface area contributed by atoms with Crippen molar-refractivity contribution in [2.24, 2.45) is 5.92 Å². The summed E-state index contributed by atoms with van der Waals surface area (Å²) in [7, 11) is -3.26. The molecule has 1 N–H and O–H groups in total. The van der Waals surface area contributed by atoms with Crippen LogP contribution in [0.2, 0.25) is 0 Å². The average molecular weight is 443 g/mol. The minimum Gasteiger partial charge on any atom is -0.460 e. The van der Waals surface area contributed by atoms with Gasteiger partial charge in [-0.25, -0.2) is 17.8 Å². The molecule has 31 heavy (non-hydrogen) atoms. The van der Waals surface area contributed by atoms with Gasteiger partial charge in [-0.05, 0) is 49.9 Å². The highest BCUT2D eigenvalue weighted by molar-refractivity contribution is 7.88. The second-order valence-corrected chi connectivity index (χ2v) is 9.79. The number of hydrogen-bond donors (Lipinski definition) is 1. The van der Waals surface area contributed by atoms with Crippen LogP contribution in [0.4, 0.5) is 0 Å². The van der Waals surface area contributed by atoms with E-state index in [4.69, 9.17) is 4.42 Å². The normalized spacial score (nSPS) is 17.1. The Balaban J connectivity index is 1.63. The van der Waals surface area contributed by atoms with Crippen molar-refractivity contribution in [1.29, 1.82) is 0 Å². The molecule has 8 nitrogen and oxygen atoms in total. The zero-order chi connectivity index (χ0) is 22.0. The molecule has 3 aromatic rings. The van der Waals surface area contributed by atoms with Gasteiger partial charge in [-0.1, -0.05) is 18.2 Å². The Kier molecular flexibility index (Phi) is 5.97. The van der Waals surface area contributed by atoms with Gasteiger partial charge >= 0.3 is 0 Å². The third kappa shape index (κ3) is 5.05. The van der Waals surface area contributed by atoms with E-state index in [-0.39, 0.29) is 11.8 Å². The first-order chi connectivity index (χ1) is 14.8. The minimum atomic E-state index is -3.26. The van der Waals surface area contributed by atoms with Crippen molar-refractivity contribution < 1.29 is 17.6 Å². The Bertz CT molecular complexity index is 1170. The van der Waals surface area contributed by atoms with E-state index < -0.39 is 10.0 Å². The molecule has 0 bridgehead atoms. The maximum Gasteiger partial charge on any atom is 0.257 e. The fraction of sp³-hybridized carbons (Fsp3) is 0.364. The van der Waals surface area contributed by atoms with Gasteiger partial charge in [0, 0.05) is 25.8 Å². The molecule has 9 heteroatoms. The molecule has 1 aliphatic rings. The summed E-state index contributed by atoms with van der Waals surface area (Å²) in [5, 5.41) is 4.65. The van der Waals surface area contributed by atoms with Crippen LogP contribution in [-0.2, 0) is 10.0 Å². The largest absolute Gasteiger partial charge is 0.460 e. The molecule has 1 fully saturated rings. The molecular weight excluding hydrogens is 416 g/mol. The number of amides is 1. The van der Waals surface area contributed by atoms with Gasteiger partial charge in [0.1, 0.15) is 11.5 Å². The molecule has 0 spiro atoms. The Labute approximate surface area is 181 Å². The Hall–Kier alpha value is -2.91. The van der Waals surface area contributed by atoms with Crippen LogP contribution < -0.4 is 4.72 Å². The summed E-state index contributed by atoms with van der Waals surface area (Å²) >= 11 is 0. The summed E-state index contributed by atoms with van der Waals surface area (Å²) in [6.07, 6.45) is 4.58. The number of aryl methyl sites for hydroxylation is 1. The number of hydrogen-bond acceptors (Lipinski definition) is 5. The van der Waals surface area contributed by atoms with Crippen LogP contribution in [0, 0.1) is 12.8 Å². The molecular formula is C22H26N4O4S. The highest BCUT2D eigenvalue weighted by Crippen LogP contribution is 2.28. The quantitative estimate of drug-likeness (QED) is 0.633. The molecule has 3 heterocycles. The molecule has 0 radical (unpaired) electrons. The van der Waals surface area contributed by atoms with Crippen molar-refractivity contribution in [1.82, 2.24) is 19.4 Å². The number of rotatable bonds is 6.